The quantitative estimate of drug-likeness (QED) is 0.722. The maximum absolute atomic E-state index is 10.3. The summed E-state index contributed by atoms with van der Waals surface area (Å²) in [5.74, 6) is 0. The molecule has 0 aliphatic heterocycles. The van der Waals surface area contributed by atoms with Crippen LogP contribution in [0.5, 0.6) is 0 Å². The van der Waals surface area contributed by atoms with Gasteiger partial charge in [0.2, 0.25) is 0 Å². The van der Waals surface area contributed by atoms with E-state index in [1.165, 1.54) is 0 Å². The minimum absolute atomic E-state index is 0.302. The minimum Gasteiger partial charge on any atom is -0.465 e. The van der Waals surface area contributed by atoms with Crippen molar-refractivity contribution in [3.8, 4) is 11.3 Å². The zero-order chi connectivity index (χ0) is 11.4. The molecule has 1 aromatic heterocycles. The monoisotopic (exact) mass is 218 g/mol. The van der Waals surface area contributed by atoms with E-state index in [1.54, 1.807) is 6.20 Å². The van der Waals surface area contributed by atoms with Crippen LogP contribution in [0.3, 0.4) is 0 Å². The van der Waals surface area contributed by atoms with Gasteiger partial charge in [-0.05, 0) is 5.56 Å². The second-order valence-corrected chi connectivity index (χ2v) is 3.23. The van der Waals surface area contributed by atoms with Crippen LogP contribution >= 0.6 is 0 Å². The number of carbonyl (C=O) groups is 1. The lowest BCUT2D eigenvalue weighted by molar-refractivity contribution is 0.194. The molecular weight excluding hydrogens is 208 g/mol. The van der Waals surface area contributed by atoms with Crippen molar-refractivity contribution >= 4 is 6.09 Å². The van der Waals surface area contributed by atoms with Crippen molar-refractivity contribution in [2.24, 2.45) is 0 Å². The largest absolute Gasteiger partial charge is 0.465 e. The Bertz CT molecular complexity index is 464. The third-order valence-corrected chi connectivity index (χ3v) is 2.12. The lowest BCUT2D eigenvalue weighted by Crippen LogP contribution is -2.19. The van der Waals surface area contributed by atoms with E-state index in [9.17, 15) is 4.79 Å². The molecule has 0 unspecified atom stereocenters. The molecule has 1 heterocycles. The molecule has 6 nitrogen and oxygen atoms in total. The zero-order valence-corrected chi connectivity index (χ0v) is 8.34. The molecule has 0 saturated heterocycles. The summed E-state index contributed by atoms with van der Waals surface area (Å²) in [4.78, 5) is 10.3. The van der Waals surface area contributed by atoms with Gasteiger partial charge in [0.05, 0.1) is 11.9 Å². The summed E-state index contributed by atoms with van der Waals surface area (Å²) in [5.41, 5.74) is 2.69. The Morgan fingerprint density at radius 1 is 1.38 bits per heavy atom. The number of aromatic nitrogens is 3. The first-order chi connectivity index (χ1) is 7.75. The van der Waals surface area contributed by atoms with Crippen molar-refractivity contribution in [1.29, 1.82) is 0 Å². The highest BCUT2D eigenvalue weighted by Gasteiger charge is 2.00. The molecule has 0 aliphatic carbocycles. The van der Waals surface area contributed by atoms with E-state index in [4.69, 9.17) is 5.11 Å². The van der Waals surface area contributed by atoms with Gasteiger partial charge in [0.15, 0.2) is 0 Å². The lowest BCUT2D eigenvalue weighted by Gasteiger charge is -2.02. The minimum atomic E-state index is -1.03. The first-order valence-corrected chi connectivity index (χ1v) is 4.68. The molecule has 16 heavy (non-hydrogen) atoms. The molecule has 0 aliphatic rings. The van der Waals surface area contributed by atoms with Crippen LogP contribution in [0, 0.1) is 0 Å². The Kier molecular flexibility index (Phi) is 2.81. The number of nitrogens with one attached hydrogen (secondary N) is 2. The molecule has 1 amide bonds. The predicted molar refractivity (Wildman–Crippen MR) is 56.7 cm³/mol. The van der Waals surface area contributed by atoms with Gasteiger partial charge in [-0.2, -0.15) is 0 Å². The number of rotatable bonds is 3. The van der Waals surface area contributed by atoms with Gasteiger partial charge in [0.25, 0.3) is 0 Å². The fourth-order valence-electron chi connectivity index (χ4n) is 1.32. The summed E-state index contributed by atoms with van der Waals surface area (Å²) in [5, 5.41) is 20.8. The van der Waals surface area contributed by atoms with E-state index < -0.39 is 6.09 Å². The maximum Gasteiger partial charge on any atom is 0.404 e. The van der Waals surface area contributed by atoms with Crippen molar-refractivity contribution < 1.29 is 9.90 Å². The number of nitrogens with zero attached hydrogens (tertiary/aromatic N) is 2. The van der Waals surface area contributed by atoms with Gasteiger partial charge in [-0.3, -0.25) is 5.10 Å². The van der Waals surface area contributed by atoms with Crippen molar-refractivity contribution in [3.63, 3.8) is 0 Å². The Balaban J connectivity index is 2.08. The van der Waals surface area contributed by atoms with Gasteiger partial charge in [-0.25, -0.2) is 4.79 Å². The van der Waals surface area contributed by atoms with E-state index >= 15 is 0 Å². The average molecular weight is 218 g/mol. The number of benzene rings is 1. The summed E-state index contributed by atoms with van der Waals surface area (Å²) in [6.45, 7) is 0.302. The number of hydrogen-bond donors (Lipinski definition) is 3. The second kappa shape index (κ2) is 4.43. The first kappa shape index (κ1) is 10.2. The molecule has 0 bridgehead atoms. The highest BCUT2D eigenvalue weighted by atomic mass is 16.4. The van der Waals surface area contributed by atoms with Crippen molar-refractivity contribution in [3.05, 3.63) is 36.0 Å². The van der Waals surface area contributed by atoms with Gasteiger partial charge in [0.1, 0.15) is 0 Å². The molecule has 0 radical (unpaired) electrons. The smallest absolute Gasteiger partial charge is 0.404 e. The molecule has 0 saturated carbocycles. The third-order valence-electron chi connectivity index (χ3n) is 2.12. The van der Waals surface area contributed by atoms with E-state index in [0.717, 1.165) is 16.8 Å². The highest BCUT2D eigenvalue weighted by molar-refractivity contribution is 5.64. The zero-order valence-electron chi connectivity index (χ0n) is 8.34. The molecular formula is C10H10N4O2. The summed E-state index contributed by atoms with van der Waals surface area (Å²) < 4.78 is 0. The topological polar surface area (TPSA) is 90.9 Å². The Morgan fingerprint density at radius 3 is 2.69 bits per heavy atom. The van der Waals surface area contributed by atoms with E-state index in [0.29, 0.717) is 6.54 Å². The summed E-state index contributed by atoms with van der Waals surface area (Å²) in [6, 6.07) is 7.47. The summed E-state index contributed by atoms with van der Waals surface area (Å²) in [6.07, 6.45) is 0.603. The number of aromatic amines is 1. The molecule has 2 rings (SSSR count). The fraction of sp³-hybridized carbons (Fsp3) is 0.100. The van der Waals surface area contributed by atoms with Crippen molar-refractivity contribution in [2.75, 3.05) is 0 Å². The van der Waals surface area contributed by atoms with Gasteiger partial charge in [-0.1, -0.05) is 29.5 Å². The molecule has 0 spiro atoms. The maximum atomic E-state index is 10.3. The second-order valence-electron chi connectivity index (χ2n) is 3.23. The fourth-order valence-corrected chi connectivity index (χ4v) is 1.32. The van der Waals surface area contributed by atoms with Crippen LogP contribution in [0.25, 0.3) is 11.3 Å². The molecule has 2 aromatic rings. The first-order valence-electron chi connectivity index (χ1n) is 4.68. The number of carboxylic acid groups (broad SMARTS) is 1. The summed E-state index contributed by atoms with van der Waals surface area (Å²) in [7, 11) is 0. The van der Waals surface area contributed by atoms with E-state index in [2.05, 4.69) is 20.7 Å². The van der Waals surface area contributed by atoms with Gasteiger partial charge >= 0.3 is 6.09 Å². The third kappa shape index (κ3) is 2.35. The van der Waals surface area contributed by atoms with E-state index in [-0.39, 0.29) is 0 Å². The van der Waals surface area contributed by atoms with Crippen LogP contribution in [-0.4, -0.2) is 26.6 Å². The van der Waals surface area contributed by atoms with E-state index in [1.807, 2.05) is 24.3 Å². The normalized spacial score (nSPS) is 10.0. The number of amides is 1. The molecule has 82 valence electrons. The molecule has 0 fully saturated rings. The standard InChI is InChI=1S/C10H10N4O2/c15-10(16)11-5-7-1-3-8(4-2-7)9-6-12-14-13-9/h1-4,6,11H,5H2,(H,15,16)(H,12,13,14). The molecule has 0 atom stereocenters. The van der Waals surface area contributed by atoms with Gasteiger partial charge in [0, 0.05) is 12.1 Å². The average Bonchev–Trinajstić information content (AvgIpc) is 2.80. The Labute approximate surface area is 91.3 Å². The molecule has 1 aromatic carbocycles. The highest BCUT2D eigenvalue weighted by Crippen LogP contribution is 2.15. The number of hydrogen-bond acceptors (Lipinski definition) is 3. The van der Waals surface area contributed by atoms with Gasteiger partial charge in [-0.15, -0.1) is 5.10 Å². The predicted octanol–water partition coefficient (Wildman–Crippen LogP) is 1.24. The lowest BCUT2D eigenvalue weighted by atomic mass is 10.1. The van der Waals surface area contributed by atoms with Crippen LogP contribution in [-0.2, 0) is 6.54 Å². The Morgan fingerprint density at radius 2 is 2.12 bits per heavy atom. The number of H-pyrrole nitrogens is 1. The van der Waals surface area contributed by atoms with Crippen LogP contribution in [0.4, 0.5) is 4.79 Å². The summed E-state index contributed by atoms with van der Waals surface area (Å²) >= 11 is 0. The van der Waals surface area contributed by atoms with Crippen LogP contribution in [0.1, 0.15) is 5.56 Å². The van der Waals surface area contributed by atoms with Crippen LogP contribution in [0.15, 0.2) is 30.5 Å². The van der Waals surface area contributed by atoms with Crippen molar-refractivity contribution in [2.45, 2.75) is 6.54 Å². The Hall–Kier alpha value is -2.37. The van der Waals surface area contributed by atoms with Crippen LogP contribution < -0.4 is 5.32 Å². The molecule has 6 heteroatoms. The molecule has 3 N–H and O–H groups in total. The SMILES string of the molecule is O=C(O)NCc1ccc(-c2cnn[nH]2)cc1. The van der Waals surface area contributed by atoms with Crippen molar-refractivity contribution in [1.82, 2.24) is 20.7 Å². The van der Waals surface area contributed by atoms with Gasteiger partial charge < -0.3 is 10.4 Å². The van der Waals surface area contributed by atoms with Crippen LogP contribution in [0.2, 0.25) is 0 Å².